The summed E-state index contributed by atoms with van der Waals surface area (Å²) in [6.45, 7) is 2.13. The minimum absolute atomic E-state index is 0.491. The van der Waals surface area contributed by atoms with Crippen molar-refractivity contribution in [3.05, 3.63) is 28.6 Å². The van der Waals surface area contributed by atoms with Gasteiger partial charge in [-0.25, -0.2) is 0 Å². The molecule has 1 aliphatic rings. The minimum Gasteiger partial charge on any atom is -0.316 e. The van der Waals surface area contributed by atoms with E-state index in [1.165, 1.54) is 12.8 Å². The zero-order chi connectivity index (χ0) is 11.0. The van der Waals surface area contributed by atoms with Gasteiger partial charge in [0.2, 0.25) is 0 Å². The lowest BCUT2D eigenvalue weighted by atomic mass is 9.99. The Hall–Kier alpha value is -0.940. The van der Waals surface area contributed by atoms with E-state index >= 15 is 0 Å². The van der Waals surface area contributed by atoms with Crippen molar-refractivity contribution in [2.24, 2.45) is 0 Å². The largest absolute Gasteiger partial charge is 0.316 e. The van der Waals surface area contributed by atoms with E-state index < -0.39 is 0 Å². The molecule has 1 N–H and O–H groups in total. The number of hydrogen-bond acceptors (Lipinski definition) is 3. The molecule has 2 aromatic heterocycles. The predicted molar refractivity (Wildman–Crippen MR) is 65.5 cm³/mol. The fourth-order valence-corrected chi connectivity index (χ4v) is 2.56. The van der Waals surface area contributed by atoms with Gasteiger partial charge in [-0.2, -0.15) is 0 Å². The molecule has 3 rings (SSSR count). The van der Waals surface area contributed by atoms with E-state index in [1.54, 1.807) is 0 Å². The van der Waals surface area contributed by atoms with Crippen LogP contribution in [0.3, 0.4) is 0 Å². The molecule has 1 fully saturated rings. The Labute approximate surface area is 102 Å². The van der Waals surface area contributed by atoms with E-state index in [0.29, 0.717) is 5.92 Å². The molecule has 5 heteroatoms. The summed E-state index contributed by atoms with van der Waals surface area (Å²) < 4.78 is 3.13. The molecule has 1 unspecified atom stereocenters. The van der Waals surface area contributed by atoms with Crippen molar-refractivity contribution in [1.29, 1.82) is 0 Å². The van der Waals surface area contributed by atoms with E-state index in [-0.39, 0.29) is 0 Å². The second-order valence-electron chi connectivity index (χ2n) is 4.17. The van der Waals surface area contributed by atoms with E-state index in [4.69, 9.17) is 0 Å². The highest BCUT2D eigenvalue weighted by Gasteiger charge is 2.20. The molecule has 0 bridgehead atoms. The Morgan fingerprint density at radius 2 is 2.38 bits per heavy atom. The van der Waals surface area contributed by atoms with Gasteiger partial charge >= 0.3 is 0 Å². The van der Waals surface area contributed by atoms with Gasteiger partial charge in [0, 0.05) is 23.1 Å². The van der Waals surface area contributed by atoms with Crippen LogP contribution in [0.25, 0.3) is 5.65 Å². The number of pyridine rings is 1. The lowest BCUT2D eigenvalue weighted by Crippen LogP contribution is -2.29. The topological polar surface area (TPSA) is 42.2 Å². The molecule has 0 spiro atoms. The molecule has 0 aliphatic carbocycles. The van der Waals surface area contributed by atoms with Gasteiger partial charge < -0.3 is 5.32 Å². The number of piperidine rings is 1. The fraction of sp³-hybridized carbons (Fsp3) is 0.455. The van der Waals surface area contributed by atoms with Crippen molar-refractivity contribution in [2.45, 2.75) is 18.8 Å². The lowest BCUT2D eigenvalue weighted by Gasteiger charge is -2.21. The maximum absolute atomic E-state index is 4.31. The van der Waals surface area contributed by atoms with Gasteiger partial charge in [-0.3, -0.25) is 4.40 Å². The first-order valence-corrected chi connectivity index (χ1v) is 6.35. The summed E-state index contributed by atoms with van der Waals surface area (Å²) in [6.07, 6.45) is 4.45. The number of aromatic nitrogens is 3. The van der Waals surface area contributed by atoms with E-state index in [1.807, 2.05) is 18.3 Å². The maximum atomic E-state index is 4.31. The fourth-order valence-electron chi connectivity index (χ4n) is 2.24. The van der Waals surface area contributed by atoms with Crippen LogP contribution in [0, 0.1) is 0 Å². The summed E-state index contributed by atoms with van der Waals surface area (Å²) in [6, 6.07) is 4.02. The molecule has 4 nitrogen and oxygen atoms in total. The number of fused-ring (bicyclic) bond motifs is 1. The first-order chi connectivity index (χ1) is 7.84. The molecule has 1 saturated heterocycles. The lowest BCUT2D eigenvalue weighted by molar-refractivity contribution is 0.444. The summed E-state index contributed by atoms with van der Waals surface area (Å²) in [5.74, 6) is 1.57. The van der Waals surface area contributed by atoms with Gasteiger partial charge in [0.05, 0.1) is 0 Å². The Kier molecular flexibility index (Phi) is 2.65. The summed E-state index contributed by atoms with van der Waals surface area (Å²) in [7, 11) is 0. The second-order valence-corrected chi connectivity index (χ2v) is 5.09. The monoisotopic (exact) mass is 280 g/mol. The first kappa shape index (κ1) is 10.2. The molecule has 1 aliphatic heterocycles. The van der Waals surface area contributed by atoms with Gasteiger partial charge in [0.1, 0.15) is 5.82 Å². The second kappa shape index (κ2) is 4.14. The molecule has 2 aromatic rings. The molecule has 3 heterocycles. The smallest absolute Gasteiger partial charge is 0.161 e. The molecular weight excluding hydrogens is 268 g/mol. The zero-order valence-corrected chi connectivity index (χ0v) is 10.4. The zero-order valence-electron chi connectivity index (χ0n) is 8.86. The Morgan fingerprint density at radius 3 is 3.19 bits per heavy atom. The molecule has 1 atom stereocenters. The summed E-state index contributed by atoms with van der Waals surface area (Å²) in [4.78, 5) is 0. The van der Waals surface area contributed by atoms with Crippen LogP contribution < -0.4 is 5.32 Å². The number of hydrogen-bond donors (Lipinski definition) is 1. The van der Waals surface area contributed by atoms with Crippen LogP contribution in [0.4, 0.5) is 0 Å². The van der Waals surface area contributed by atoms with Crippen molar-refractivity contribution in [2.75, 3.05) is 13.1 Å². The Morgan fingerprint density at radius 1 is 1.44 bits per heavy atom. The first-order valence-electron chi connectivity index (χ1n) is 5.55. The van der Waals surface area contributed by atoms with Crippen LogP contribution >= 0.6 is 15.9 Å². The highest BCUT2D eigenvalue weighted by atomic mass is 79.9. The summed E-state index contributed by atoms with van der Waals surface area (Å²) in [5.41, 5.74) is 0.912. The van der Waals surface area contributed by atoms with Crippen molar-refractivity contribution < 1.29 is 0 Å². The van der Waals surface area contributed by atoms with Gasteiger partial charge in [-0.15, -0.1) is 10.2 Å². The van der Waals surface area contributed by atoms with Crippen LogP contribution in [-0.4, -0.2) is 27.7 Å². The SMILES string of the molecule is Brc1ccn2c(C3CCCNC3)nnc2c1. The third-order valence-corrected chi connectivity index (χ3v) is 3.55. The number of nitrogens with one attached hydrogen (secondary N) is 1. The Bertz CT molecular complexity index is 502. The van der Waals surface area contributed by atoms with Crippen LogP contribution in [-0.2, 0) is 0 Å². The minimum atomic E-state index is 0.491. The molecular formula is C11H13BrN4. The van der Waals surface area contributed by atoms with Crippen molar-refractivity contribution in [3.8, 4) is 0 Å². The third kappa shape index (κ3) is 1.74. The van der Waals surface area contributed by atoms with Gasteiger partial charge in [-0.05, 0) is 31.5 Å². The quantitative estimate of drug-likeness (QED) is 0.869. The average molecular weight is 281 g/mol. The highest BCUT2D eigenvalue weighted by molar-refractivity contribution is 9.10. The summed E-state index contributed by atoms with van der Waals surface area (Å²) >= 11 is 3.44. The highest BCUT2D eigenvalue weighted by Crippen LogP contribution is 2.23. The van der Waals surface area contributed by atoms with Crippen molar-refractivity contribution in [1.82, 2.24) is 19.9 Å². The van der Waals surface area contributed by atoms with Gasteiger partial charge in [0.15, 0.2) is 5.65 Å². The van der Waals surface area contributed by atoms with Crippen LogP contribution in [0.1, 0.15) is 24.6 Å². The maximum Gasteiger partial charge on any atom is 0.161 e. The van der Waals surface area contributed by atoms with Gasteiger partial charge in [0.25, 0.3) is 0 Å². The Balaban J connectivity index is 2.03. The predicted octanol–water partition coefficient (Wildman–Crippen LogP) is 1.96. The molecule has 0 amide bonds. The molecule has 0 radical (unpaired) electrons. The van der Waals surface area contributed by atoms with Crippen LogP contribution in [0.5, 0.6) is 0 Å². The molecule has 84 valence electrons. The average Bonchev–Trinajstić information content (AvgIpc) is 2.73. The van der Waals surface area contributed by atoms with E-state index in [0.717, 1.165) is 29.0 Å². The third-order valence-electron chi connectivity index (χ3n) is 3.06. The standard InChI is InChI=1S/C11H13BrN4/c12-9-3-5-16-10(6-9)14-15-11(16)8-2-1-4-13-7-8/h3,5-6,8,13H,1-2,4,7H2. The molecule has 16 heavy (non-hydrogen) atoms. The molecule has 0 aromatic carbocycles. The van der Waals surface area contributed by atoms with Crippen LogP contribution in [0.2, 0.25) is 0 Å². The van der Waals surface area contributed by atoms with Crippen molar-refractivity contribution in [3.63, 3.8) is 0 Å². The van der Waals surface area contributed by atoms with Gasteiger partial charge in [-0.1, -0.05) is 15.9 Å². The van der Waals surface area contributed by atoms with Crippen molar-refractivity contribution >= 4 is 21.6 Å². The van der Waals surface area contributed by atoms with E-state index in [9.17, 15) is 0 Å². The number of halogens is 1. The molecule has 0 saturated carbocycles. The summed E-state index contributed by atoms with van der Waals surface area (Å²) in [5, 5.41) is 11.9. The number of rotatable bonds is 1. The number of nitrogens with zero attached hydrogens (tertiary/aromatic N) is 3. The normalized spacial score (nSPS) is 21.4. The van der Waals surface area contributed by atoms with E-state index in [2.05, 4.69) is 35.8 Å². The van der Waals surface area contributed by atoms with Crippen LogP contribution in [0.15, 0.2) is 22.8 Å².